The van der Waals surface area contributed by atoms with Gasteiger partial charge in [-0.05, 0) is 18.3 Å². The lowest BCUT2D eigenvalue weighted by Crippen LogP contribution is -2.27. The van der Waals surface area contributed by atoms with Crippen molar-refractivity contribution in [2.45, 2.75) is 40.2 Å². The van der Waals surface area contributed by atoms with Crippen molar-refractivity contribution in [3.8, 4) is 0 Å². The van der Waals surface area contributed by atoms with E-state index >= 15 is 0 Å². The van der Waals surface area contributed by atoms with Gasteiger partial charge in [0.05, 0.1) is 11.9 Å². The zero-order chi connectivity index (χ0) is 14.5. The second kappa shape index (κ2) is 6.91. The molecule has 0 saturated carbocycles. The zero-order valence-electron chi connectivity index (χ0n) is 11.7. The largest absolute Gasteiger partial charge is 0.396 e. The smallest absolute Gasteiger partial charge is 0.287 e. The lowest BCUT2D eigenvalue weighted by molar-refractivity contribution is 0.220. The van der Waals surface area contributed by atoms with Gasteiger partial charge in [0.2, 0.25) is 0 Å². The van der Waals surface area contributed by atoms with Gasteiger partial charge in [0.15, 0.2) is 0 Å². The number of aryl methyl sites for hydroxylation is 1. The van der Waals surface area contributed by atoms with Crippen LogP contribution in [0.4, 0.5) is 5.69 Å². The summed E-state index contributed by atoms with van der Waals surface area (Å²) in [5, 5.41) is 16.4. The van der Waals surface area contributed by atoms with Crippen molar-refractivity contribution in [3.05, 3.63) is 21.6 Å². The lowest BCUT2D eigenvalue weighted by atomic mass is 9.90. The number of aromatic nitrogens is 2. The van der Waals surface area contributed by atoms with Crippen LogP contribution < -0.4 is 10.9 Å². The molecule has 0 spiro atoms. The van der Waals surface area contributed by atoms with E-state index in [0.717, 1.165) is 6.42 Å². The number of nitrogens with zero attached hydrogens (tertiary/aromatic N) is 2. The molecular weight excluding hydrogens is 266 g/mol. The summed E-state index contributed by atoms with van der Waals surface area (Å²) < 4.78 is 1.37. The van der Waals surface area contributed by atoms with E-state index in [2.05, 4.69) is 10.4 Å². The first-order valence-electron chi connectivity index (χ1n) is 6.51. The van der Waals surface area contributed by atoms with Crippen LogP contribution in [0.1, 0.15) is 33.6 Å². The third-order valence-corrected chi connectivity index (χ3v) is 3.33. The molecule has 19 heavy (non-hydrogen) atoms. The van der Waals surface area contributed by atoms with Gasteiger partial charge in [-0.1, -0.05) is 32.4 Å². The molecule has 0 aliphatic carbocycles. The van der Waals surface area contributed by atoms with Crippen molar-refractivity contribution in [1.82, 2.24) is 9.78 Å². The van der Waals surface area contributed by atoms with Crippen LogP contribution in [0.25, 0.3) is 0 Å². The summed E-state index contributed by atoms with van der Waals surface area (Å²) in [5.41, 5.74) is 0.203. The molecule has 0 aliphatic rings. The summed E-state index contributed by atoms with van der Waals surface area (Å²) in [5.74, 6) is 0. The van der Waals surface area contributed by atoms with Crippen molar-refractivity contribution < 1.29 is 5.11 Å². The summed E-state index contributed by atoms with van der Waals surface area (Å²) in [4.78, 5) is 11.9. The molecule has 0 atom stereocenters. The van der Waals surface area contributed by atoms with Gasteiger partial charge in [-0.2, -0.15) is 5.10 Å². The highest BCUT2D eigenvalue weighted by atomic mass is 35.5. The Morgan fingerprint density at radius 3 is 2.79 bits per heavy atom. The fraction of sp³-hybridized carbons (Fsp3) is 0.692. The van der Waals surface area contributed by atoms with Crippen molar-refractivity contribution >= 4 is 17.3 Å². The molecule has 0 aromatic carbocycles. The number of halogens is 1. The van der Waals surface area contributed by atoms with Gasteiger partial charge in [0, 0.05) is 19.7 Å². The molecule has 1 rings (SSSR count). The Morgan fingerprint density at radius 1 is 1.53 bits per heavy atom. The lowest BCUT2D eigenvalue weighted by Gasteiger charge is -2.24. The second-order valence-corrected chi connectivity index (χ2v) is 5.77. The summed E-state index contributed by atoms with van der Waals surface area (Å²) in [6.45, 7) is 7.37. The summed E-state index contributed by atoms with van der Waals surface area (Å²) in [6, 6.07) is 0. The van der Waals surface area contributed by atoms with Crippen LogP contribution in [0.3, 0.4) is 0 Å². The molecule has 6 heteroatoms. The minimum absolute atomic E-state index is 0.0731. The fourth-order valence-electron chi connectivity index (χ4n) is 1.68. The van der Waals surface area contributed by atoms with Crippen LogP contribution in [-0.4, -0.2) is 28.0 Å². The number of hydrogen-bond acceptors (Lipinski definition) is 4. The molecule has 108 valence electrons. The molecule has 1 aromatic rings. The quantitative estimate of drug-likeness (QED) is 0.806. The molecule has 2 N–H and O–H groups in total. The minimum atomic E-state index is -0.270. The van der Waals surface area contributed by atoms with E-state index in [0.29, 0.717) is 25.2 Å². The maximum absolute atomic E-state index is 11.9. The minimum Gasteiger partial charge on any atom is -0.396 e. The van der Waals surface area contributed by atoms with Gasteiger partial charge >= 0.3 is 0 Å². The molecule has 0 fully saturated rings. The van der Waals surface area contributed by atoms with Gasteiger partial charge in [-0.3, -0.25) is 4.79 Å². The van der Waals surface area contributed by atoms with E-state index in [1.807, 2.05) is 20.8 Å². The highest BCUT2D eigenvalue weighted by molar-refractivity contribution is 6.32. The molecule has 5 nitrogen and oxygen atoms in total. The van der Waals surface area contributed by atoms with Crippen LogP contribution in [-0.2, 0) is 6.54 Å². The van der Waals surface area contributed by atoms with E-state index in [-0.39, 0.29) is 22.6 Å². The standard InChI is InChI=1S/C13H22ClN3O2/c1-4-6-17-12(19)11(14)10(8-16-17)15-9-13(2,3)5-7-18/h8,15,18H,4-7,9H2,1-3H3. The van der Waals surface area contributed by atoms with Crippen LogP contribution >= 0.6 is 11.6 Å². The second-order valence-electron chi connectivity index (χ2n) is 5.39. The average Bonchev–Trinajstić information content (AvgIpc) is 2.34. The molecule has 0 amide bonds. The van der Waals surface area contributed by atoms with Gasteiger partial charge < -0.3 is 10.4 Å². The van der Waals surface area contributed by atoms with E-state index < -0.39 is 0 Å². The van der Waals surface area contributed by atoms with E-state index in [1.54, 1.807) is 6.20 Å². The molecule has 1 heterocycles. The maximum atomic E-state index is 11.9. The van der Waals surface area contributed by atoms with E-state index in [4.69, 9.17) is 16.7 Å². The van der Waals surface area contributed by atoms with Crippen LogP contribution in [0, 0.1) is 5.41 Å². The van der Waals surface area contributed by atoms with Crippen molar-refractivity contribution in [1.29, 1.82) is 0 Å². The molecule has 0 radical (unpaired) electrons. The molecule has 1 aromatic heterocycles. The van der Waals surface area contributed by atoms with Crippen molar-refractivity contribution in [2.75, 3.05) is 18.5 Å². The first-order chi connectivity index (χ1) is 8.91. The number of rotatable bonds is 7. The van der Waals surface area contributed by atoms with E-state index in [9.17, 15) is 4.79 Å². The van der Waals surface area contributed by atoms with Crippen molar-refractivity contribution in [2.24, 2.45) is 5.41 Å². The predicted octanol–water partition coefficient (Wildman–Crippen LogP) is 2.13. The Balaban J connectivity index is 2.81. The molecular formula is C13H22ClN3O2. The average molecular weight is 288 g/mol. The summed E-state index contributed by atoms with van der Waals surface area (Å²) >= 11 is 6.05. The Labute approximate surface area is 118 Å². The topological polar surface area (TPSA) is 67.2 Å². The van der Waals surface area contributed by atoms with E-state index in [1.165, 1.54) is 4.68 Å². The maximum Gasteiger partial charge on any atom is 0.287 e. The number of aliphatic hydroxyl groups is 1. The number of nitrogens with one attached hydrogen (secondary N) is 1. The molecule has 0 saturated heterocycles. The Bertz CT molecular complexity index is 471. The number of anilines is 1. The van der Waals surface area contributed by atoms with Crippen LogP contribution in [0.5, 0.6) is 0 Å². The number of aliphatic hydroxyl groups excluding tert-OH is 1. The third-order valence-electron chi connectivity index (χ3n) is 2.97. The highest BCUT2D eigenvalue weighted by Crippen LogP contribution is 2.22. The first kappa shape index (κ1) is 16.0. The molecule has 0 unspecified atom stereocenters. The van der Waals surface area contributed by atoms with Gasteiger partial charge in [0.25, 0.3) is 5.56 Å². The first-order valence-corrected chi connectivity index (χ1v) is 6.89. The van der Waals surface area contributed by atoms with Gasteiger partial charge in [-0.25, -0.2) is 4.68 Å². The Hall–Kier alpha value is -1.07. The molecule has 0 bridgehead atoms. The highest BCUT2D eigenvalue weighted by Gasteiger charge is 2.18. The Kier molecular flexibility index (Phi) is 5.82. The Morgan fingerprint density at radius 2 is 2.21 bits per heavy atom. The normalized spacial score (nSPS) is 11.6. The van der Waals surface area contributed by atoms with Gasteiger partial charge in [0.1, 0.15) is 5.02 Å². The number of hydrogen-bond donors (Lipinski definition) is 2. The van der Waals surface area contributed by atoms with Crippen molar-refractivity contribution in [3.63, 3.8) is 0 Å². The van der Waals surface area contributed by atoms with Crippen LogP contribution in [0.2, 0.25) is 5.02 Å². The summed E-state index contributed by atoms with van der Waals surface area (Å²) in [6.07, 6.45) is 3.09. The SMILES string of the molecule is CCCn1ncc(NCC(C)(C)CCO)c(Cl)c1=O. The summed E-state index contributed by atoms with van der Waals surface area (Å²) in [7, 11) is 0. The predicted molar refractivity (Wildman–Crippen MR) is 77.8 cm³/mol. The zero-order valence-corrected chi connectivity index (χ0v) is 12.5. The fourth-order valence-corrected chi connectivity index (χ4v) is 1.90. The molecule has 0 aliphatic heterocycles. The van der Waals surface area contributed by atoms with Gasteiger partial charge in [-0.15, -0.1) is 0 Å². The monoisotopic (exact) mass is 287 g/mol. The van der Waals surface area contributed by atoms with Crippen LogP contribution in [0.15, 0.2) is 11.0 Å². The third kappa shape index (κ3) is 4.51.